The summed E-state index contributed by atoms with van der Waals surface area (Å²) in [7, 11) is 0. The van der Waals surface area contributed by atoms with Crippen LogP contribution in [0.15, 0.2) is 24.3 Å². The summed E-state index contributed by atoms with van der Waals surface area (Å²) in [6, 6.07) is 7.87. The maximum Gasteiger partial charge on any atom is 0.0802 e. The summed E-state index contributed by atoms with van der Waals surface area (Å²) in [4.78, 5) is 2.38. The Hall–Kier alpha value is -0.610. The van der Waals surface area contributed by atoms with Crippen LogP contribution in [0.4, 0.5) is 0 Å². The van der Waals surface area contributed by atoms with Crippen LogP contribution in [0.25, 0.3) is 0 Å². The SMILES string of the molecule is CC1CN(CCC(O)c2cccc(Cl)c2)C(C)CO1. The second kappa shape index (κ2) is 6.71. The Morgan fingerprint density at radius 1 is 1.47 bits per heavy atom. The van der Waals surface area contributed by atoms with Crippen LogP contribution in [-0.2, 0) is 4.74 Å². The van der Waals surface area contributed by atoms with Crippen molar-refractivity contribution in [3.05, 3.63) is 34.9 Å². The number of hydrogen-bond acceptors (Lipinski definition) is 3. The zero-order valence-electron chi connectivity index (χ0n) is 11.6. The summed E-state index contributed by atoms with van der Waals surface area (Å²) < 4.78 is 5.61. The van der Waals surface area contributed by atoms with Gasteiger partial charge in [-0.25, -0.2) is 0 Å². The lowest BCUT2D eigenvalue weighted by Crippen LogP contribution is -2.47. The fourth-order valence-electron chi connectivity index (χ4n) is 2.45. The minimum atomic E-state index is -0.455. The standard InChI is InChI=1S/C15H22ClNO2/c1-11-10-19-12(2)9-17(11)7-6-15(18)13-4-3-5-14(16)8-13/h3-5,8,11-12,15,18H,6-7,9-10H2,1-2H3. The largest absolute Gasteiger partial charge is 0.388 e. The van der Waals surface area contributed by atoms with Gasteiger partial charge in [-0.05, 0) is 38.0 Å². The van der Waals surface area contributed by atoms with Crippen LogP contribution >= 0.6 is 11.6 Å². The van der Waals surface area contributed by atoms with Gasteiger partial charge in [0.25, 0.3) is 0 Å². The molecule has 1 heterocycles. The number of hydrogen-bond donors (Lipinski definition) is 1. The molecule has 3 atom stereocenters. The average molecular weight is 284 g/mol. The fourth-order valence-corrected chi connectivity index (χ4v) is 2.65. The summed E-state index contributed by atoms with van der Waals surface area (Å²) in [6.45, 7) is 6.84. The molecular weight excluding hydrogens is 262 g/mol. The van der Waals surface area contributed by atoms with E-state index in [4.69, 9.17) is 16.3 Å². The van der Waals surface area contributed by atoms with Crippen molar-refractivity contribution in [2.45, 2.75) is 38.5 Å². The molecular formula is C15H22ClNO2. The predicted molar refractivity (Wildman–Crippen MR) is 77.5 cm³/mol. The number of halogens is 1. The molecule has 3 nitrogen and oxygen atoms in total. The minimum absolute atomic E-state index is 0.277. The van der Waals surface area contributed by atoms with Gasteiger partial charge in [0.2, 0.25) is 0 Å². The van der Waals surface area contributed by atoms with Crippen LogP contribution in [0.5, 0.6) is 0 Å². The summed E-state index contributed by atoms with van der Waals surface area (Å²) in [6.07, 6.45) is 0.542. The lowest BCUT2D eigenvalue weighted by Gasteiger charge is -2.37. The van der Waals surface area contributed by atoms with E-state index in [1.165, 1.54) is 0 Å². The van der Waals surface area contributed by atoms with Crippen molar-refractivity contribution in [2.24, 2.45) is 0 Å². The molecule has 106 valence electrons. The molecule has 0 radical (unpaired) electrons. The third-order valence-electron chi connectivity index (χ3n) is 3.66. The molecule has 4 heteroatoms. The lowest BCUT2D eigenvalue weighted by molar-refractivity contribution is -0.0527. The van der Waals surface area contributed by atoms with Crippen molar-refractivity contribution in [2.75, 3.05) is 19.7 Å². The zero-order chi connectivity index (χ0) is 13.8. The third-order valence-corrected chi connectivity index (χ3v) is 3.90. The van der Waals surface area contributed by atoms with Gasteiger partial charge in [-0.2, -0.15) is 0 Å². The molecule has 0 bridgehead atoms. The topological polar surface area (TPSA) is 32.7 Å². The monoisotopic (exact) mass is 283 g/mol. The highest BCUT2D eigenvalue weighted by atomic mass is 35.5. The van der Waals surface area contributed by atoms with Crippen molar-refractivity contribution < 1.29 is 9.84 Å². The number of aliphatic hydroxyl groups is 1. The number of rotatable bonds is 4. The van der Waals surface area contributed by atoms with Crippen molar-refractivity contribution in [3.63, 3.8) is 0 Å². The van der Waals surface area contributed by atoms with E-state index in [0.29, 0.717) is 11.1 Å². The first-order valence-electron chi connectivity index (χ1n) is 6.85. The van der Waals surface area contributed by atoms with E-state index < -0.39 is 6.10 Å². The van der Waals surface area contributed by atoms with Gasteiger partial charge in [-0.3, -0.25) is 4.90 Å². The summed E-state index contributed by atoms with van der Waals surface area (Å²) in [5.41, 5.74) is 0.890. The summed E-state index contributed by atoms with van der Waals surface area (Å²) >= 11 is 5.94. The Kier molecular flexibility index (Phi) is 5.22. The van der Waals surface area contributed by atoms with Gasteiger partial charge >= 0.3 is 0 Å². The molecule has 1 aromatic rings. The molecule has 1 N–H and O–H groups in total. The highest BCUT2D eigenvalue weighted by Gasteiger charge is 2.23. The van der Waals surface area contributed by atoms with Crippen LogP contribution < -0.4 is 0 Å². The Morgan fingerprint density at radius 3 is 3.00 bits per heavy atom. The molecule has 1 saturated heterocycles. The van der Waals surface area contributed by atoms with E-state index in [2.05, 4.69) is 18.7 Å². The van der Waals surface area contributed by atoms with Gasteiger partial charge in [0, 0.05) is 24.2 Å². The van der Waals surface area contributed by atoms with Crippen LogP contribution in [0.2, 0.25) is 5.02 Å². The van der Waals surface area contributed by atoms with Crippen LogP contribution in [0.1, 0.15) is 31.9 Å². The number of morpholine rings is 1. The van der Waals surface area contributed by atoms with E-state index in [0.717, 1.165) is 31.7 Å². The van der Waals surface area contributed by atoms with Gasteiger partial charge in [0.15, 0.2) is 0 Å². The van der Waals surface area contributed by atoms with E-state index in [1.807, 2.05) is 24.3 Å². The van der Waals surface area contributed by atoms with E-state index >= 15 is 0 Å². The summed E-state index contributed by atoms with van der Waals surface area (Å²) in [5, 5.41) is 10.9. The second-order valence-electron chi connectivity index (χ2n) is 5.35. The first-order valence-corrected chi connectivity index (χ1v) is 7.23. The van der Waals surface area contributed by atoms with Gasteiger partial charge in [-0.15, -0.1) is 0 Å². The van der Waals surface area contributed by atoms with Crippen LogP contribution in [0, 0.1) is 0 Å². The van der Waals surface area contributed by atoms with Gasteiger partial charge in [0.05, 0.1) is 18.8 Å². The molecule has 0 amide bonds. The molecule has 0 aliphatic carbocycles. The minimum Gasteiger partial charge on any atom is -0.388 e. The van der Waals surface area contributed by atoms with Crippen molar-refractivity contribution in [1.82, 2.24) is 4.90 Å². The molecule has 2 rings (SSSR count). The van der Waals surface area contributed by atoms with Crippen molar-refractivity contribution in [1.29, 1.82) is 0 Å². The first kappa shape index (κ1) is 14.8. The molecule has 0 saturated carbocycles. The lowest BCUT2D eigenvalue weighted by atomic mass is 10.1. The first-order chi connectivity index (χ1) is 9.06. The van der Waals surface area contributed by atoms with Crippen molar-refractivity contribution in [3.8, 4) is 0 Å². The Balaban J connectivity index is 1.87. The molecule has 1 aromatic carbocycles. The van der Waals surface area contributed by atoms with E-state index in [9.17, 15) is 5.11 Å². The second-order valence-corrected chi connectivity index (χ2v) is 5.78. The number of nitrogens with zero attached hydrogens (tertiary/aromatic N) is 1. The highest BCUT2D eigenvalue weighted by molar-refractivity contribution is 6.30. The number of benzene rings is 1. The molecule has 0 spiro atoms. The molecule has 19 heavy (non-hydrogen) atoms. The Bertz CT molecular complexity index is 413. The maximum atomic E-state index is 10.2. The maximum absolute atomic E-state index is 10.2. The Labute approximate surface area is 120 Å². The fraction of sp³-hybridized carbons (Fsp3) is 0.600. The molecule has 0 aromatic heterocycles. The quantitative estimate of drug-likeness (QED) is 0.922. The average Bonchev–Trinajstić information content (AvgIpc) is 2.39. The van der Waals surface area contributed by atoms with Crippen LogP contribution in [0.3, 0.4) is 0 Å². The summed E-state index contributed by atoms with van der Waals surface area (Å²) in [5.74, 6) is 0. The molecule has 3 unspecified atom stereocenters. The van der Waals surface area contributed by atoms with E-state index in [-0.39, 0.29) is 6.10 Å². The zero-order valence-corrected chi connectivity index (χ0v) is 12.3. The Morgan fingerprint density at radius 2 is 2.26 bits per heavy atom. The highest BCUT2D eigenvalue weighted by Crippen LogP contribution is 2.21. The molecule has 1 aliphatic heterocycles. The third kappa shape index (κ3) is 4.18. The predicted octanol–water partition coefficient (Wildman–Crippen LogP) is 2.87. The molecule has 1 fully saturated rings. The van der Waals surface area contributed by atoms with Gasteiger partial charge in [0.1, 0.15) is 0 Å². The van der Waals surface area contributed by atoms with E-state index in [1.54, 1.807) is 0 Å². The molecule has 1 aliphatic rings. The number of aliphatic hydroxyl groups excluding tert-OH is 1. The normalized spacial score (nSPS) is 26.3. The van der Waals surface area contributed by atoms with Crippen LogP contribution in [-0.4, -0.2) is 41.8 Å². The number of ether oxygens (including phenoxy) is 1. The van der Waals surface area contributed by atoms with Gasteiger partial charge < -0.3 is 9.84 Å². The van der Waals surface area contributed by atoms with Gasteiger partial charge in [-0.1, -0.05) is 23.7 Å². The van der Waals surface area contributed by atoms with Crippen molar-refractivity contribution >= 4 is 11.6 Å². The smallest absolute Gasteiger partial charge is 0.0802 e.